The van der Waals surface area contributed by atoms with Crippen molar-refractivity contribution in [3.05, 3.63) is 0 Å². The topological polar surface area (TPSA) is 29.5 Å². The number of ether oxygens (including phenoxy) is 1. The lowest BCUT2D eigenvalue weighted by Gasteiger charge is -2.42. The number of hydrogen-bond acceptors (Lipinski definition) is 3. The molecule has 2 aliphatic rings. The summed E-state index contributed by atoms with van der Waals surface area (Å²) in [4.78, 5) is 0. The molecule has 0 aliphatic carbocycles. The Kier molecular flexibility index (Phi) is 3.58. The first-order valence-corrected chi connectivity index (χ1v) is 7.48. The minimum atomic E-state index is -0.195. The van der Waals surface area contributed by atoms with Crippen LogP contribution in [-0.2, 0) is 4.74 Å². The molecule has 0 aromatic carbocycles. The van der Waals surface area contributed by atoms with Crippen molar-refractivity contribution in [2.75, 3.05) is 18.1 Å². The van der Waals surface area contributed by atoms with Crippen LogP contribution in [0, 0.1) is 11.3 Å². The van der Waals surface area contributed by atoms with Gasteiger partial charge in [-0.2, -0.15) is 11.8 Å². The number of aliphatic hydroxyl groups is 1. The minimum Gasteiger partial charge on any atom is -0.392 e. The molecule has 0 radical (unpaired) electrons. The van der Waals surface area contributed by atoms with E-state index < -0.39 is 0 Å². The lowest BCUT2D eigenvalue weighted by atomic mass is 9.74. The number of hydrogen-bond donors (Lipinski definition) is 1. The minimum absolute atomic E-state index is 0.00502. The Bertz CT molecular complexity index is 241. The second-order valence-corrected chi connectivity index (χ2v) is 7.50. The van der Waals surface area contributed by atoms with E-state index >= 15 is 0 Å². The van der Waals surface area contributed by atoms with Gasteiger partial charge in [0.2, 0.25) is 0 Å². The van der Waals surface area contributed by atoms with Crippen LogP contribution >= 0.6 is 11.8 Å². The Morgan fingerprint density at radius 2 is 2.19 bits per heavy atom. The first-order chi connectivity index (χ1) is 7.43. The fourth-order valence-corrected chi connectivity index (χ4v) is 4.28. The molecule has 1 N–H and O–H groups in total. The Labute approximate surface area is 103 Å². The maximum Gasteiger partial charge on any atom is 0.0783 e. The van der Waals surface area contributed by atoms with Crippen molar-refractivity contribution in [2.24, 2.45) is 11.3 Å². The highest BCUT2D eigenvalue weighted by atomic mass is 32.2. The van der Waals surface area contributed by atoms with E-state index in [2.05, 4.69) is 20.8 Å². The largest absolute Gasteiger partial charge is 0.392 e. The molecule has 2 saturated heterocycles. The van der Waals surface area contributed by atoms with E-state index in [1.807, 2.05) is 11.8 Å². The monoisotopic (exact) mass is 244 g/mol. The van der Waals surface area contributed by atoms with Crippen LogP contribution in [0.1, 0.15) is 40.0 Å². The summed E-state index contributed by atoms with van der Waals surface area (Å²) in [6, 6.07) is 0. The van der Waals surface area contributed by atoms with Gasteiger partial charge in [0.15, 0.2) is 0 Å². The zero-order valence-corrected chi connectivity index (χ0v) is 11.5. The van der Waals surface area contributed by atoms with E-state index in [0.717, 1.165) is 25.2 Å². The summed E-state index contributed by atoms with van der Waals surface area (Å²) in [7, 11) is 0. The van der Waals surface area contributed by atoms with E-state index in [-0.39, 0.29) is 17.1 Å². The van der Waals surface area contributed by atoms with Crippen LogP contribution < -0.4 is 0 Å². The molecule has 2 fully saturated rings. The highest BCUT2D eigenvalue weighted by Gasteiger charge is 2.44. The molecule has 16 heavy (non-hydrogen) atoms. The van der Waals surface area contributed by atoms with Gasteiger partial charge < -0.3 is 9.84 Å². The summed E-state index contributed by atoms with van der Waals surface area (Å²) in [6.07, 6.45) is 3.05. The average molecular weight is 244 g/mol. The van der Waals surface area contributed by atoms with Crippen molar-refractivity contribution in [2.45, 2.75) is 51.7 Å². The smallest absolute Gasteiger partial charge is 0.0783 e. The zero-order chi connectivity index (χ0) is 11.8. The summed E-state index contributed by atoms with van der Waals surface area (Å²) in [5.41, 5.74) is 0.0920. The van der Waals surface area contributed by atoms with Crippen LogP contribution in [-0.4, -0.2) is 34.9 Å². The van der Waals surface area contributed by atoms with E-state index in [1.165, 1.54) is 12.2 Å². The Hall–Kier alpha value is 0.270. The molecule has 3 heteroatoms. The van der Waals surface area contributed by atoms with Gasteiger partial charge in [-0.3, -0.25) is 0 Å². The zero-order valence-electron chi connectivity index (χ0n) is 10.7. The van der Waals surface area contributed by atoms with Crippen LogP contribution in [0.5, 0.6) is 0 Å². The lowest BCUT2D eigenvalue weighted by molar-refractivity contribution is -0.117. The highest BCUT2D eigenvalue weighted by Crippen LogP contribution is 2.43. The van der Waals surface area contributed by atoms with Crippen LogP contribution in [0.25, 0.3) is 0 Å². The molecule has 3 atom stereocenters. The predicted molar refractivity (Wildman–Crippen MR) is 68.8 cm³/mol. The van der Waals surface area contributed by atoms with Gasteiger partial charge in [-0.1, -0.05) is 20.8 Å². The standard InChI is InChI=1S/C13H24O2S/c1-12(2,3)11(14)10-4-6-15-13(8-10)5-7-16-9-13/h10-11,14H,4-9H2,1-3H3. The molecular formula is C13H24O2S. The van der Waals surface area contributed by atoms with Crippen molar-refractivity contribution >= 4 is 11.8 Å². The fourth-order valence-electron chi connectivity index (χ4n) is 2.91. The molecular weight excluding hydrogens is 220 g/mol. The summed E-state index contributed by atoms with van der Waals surface area (Å²) in [5, 5.41) is 10.4. The molecule has 0 amide bonds. The highest BCUT2D eigenvalue weighted by molar-refractivity contribution is 7.99. The number of aliphatic hydroxyl groups excluding tert-OH is 1. The molecule has 94 valence electrons. The first kappa shape index (κ1) is 12.7. The summed E-state index contributed by atoms with van der Waals surface area (Å²) in [5.74, 6) is 2.77. The predicted octanol–water partition coefficient (Wildman–Crippen LogP) is 2.70. The van der Waals surface area contributed by atoms with Crippen molar-refractivity contribution in [1.29, 1.82) is 0 Å². The van der Waals surface area contributed by atoms with Gasteiger partial charge in [-0.25, -0.2) is 0 Å². The van der Waals surface area contributed by atoms with E-state index in [4.69, 9.17) is 4.74 Å². The van der Waals surface area contributed by atoms with Crippen LogP contribution in [0.2, 0.25) is 0 Å². The van der Waals surface area contributed by atoms with E-state index in [9.17, 15) is 5.11 Å². The van der Waals surface area contributed by atoms with Crippen molar-refractivity contribution in [3.8, 4) is 0 Å². The van der Waals surface area contributed by atoms with Crippen molar-refractivity contribution in [1.82, 2.24) is 0 Å². The van der Waals surface area contributed by atoms with E-state index in [0.29, 0.717) is 5.92 Å². The van der Waals surface area contributed by atoms with Crippen molar-refractivity contribution < 1.29 is 9.84 Å². The van der Waals surface area contributed by atoms with Gasteiger partial charge >= 0.3 is 0 Å². The molecule has 2 rings (SSSR count). The van der Waals surface area contributed by atoms with Crippen LogP contribution in [0.15, 0.2) is 0 Å². The third-order valence-electron chi connectivity index (χ3n) is 3.93. The Morgan fingerprint density at radius 1 is 1.44 bits per heavy atom. The summed E-state index contributed by atoms with van der Waals surface area (Å²) < 4.78 is 5.99. The molecule has 3 unspecified atom stereocenters. The maximum atomic E-state index is 10.4. The number of thioether (sulfide) groups is 1. The maximum absolute atomic E-state index is 10.4. The Morgan fingerprint density at radius 3 is 2.75 bits per heavy atom. The van der Waals surface area contributed by atoms with E-state index in [1.54, 1.807) is 0 Å². The summed E-state index contributed by atoms with van der Waals surface area (Å²) in [6.45, 7) is 7.22. The normalized spacial score (nSPS) is 37.9. The van der Waals surface area contributed by atoms with Gasteiger partial charge in [0.1, 0.15) is 0 Å². The SMILES string of the molecule is CC(C)(C)C(O)C1CCOC2(CCSC2)C1. The molecule has 2 aliphatic heterocycles. The lowest BCUT2D eigenvalue weighted by Crippen LogP contribution is -2.46. The quantitative estimate of drug-likeness (QED) is 0.769. The van der Waals surface area contributed by atoms with Gasteiger partial charge in [-0.05, 0) is 36.3 Å². The first-order valence-electron chi connectivity index (χ1n) is 6.33. The van der Waals surface area contributed by atoms with Gasteiger partial charge in [0, 0.05) is 12.4 Å². The molecule has 2 heterocycles. The average Bonchev–Trinajstić information content (AvgIpc) is 2.64. The molecule has 0 aromatic heterocycles. The molecule has 0 saturated carbocycles. The van der Waals surface area contributed by atoms with Crippen LogP contribution in [0.4, 0.5) is 0 Å². The third kappa shape index (κ3) is 2.57. The van der Waals surface area contributed by atoms with Gasteiger partial charge in [0.05, 0.1) is 11.7 Å². The van der Waals surface area contributed by atoms with Crippen LogP contribution in [0.3, 0.4) is 0 Å². The molecule has 2 nitrogen and oxygen atoms in total. The van der Waals surface area contributed by atoms with Gasteiger partial charge in [-0.15, -0.1) is 0 Å². The molecule has 0 bridgehead atoms. The fraction of sp³-hybridized carbons (Fsp3) is 1.00. The number of rotatable bonds is 1. The second kappa shape index (κ2) is 4.51. The van der Waals surface area contributed by atoms with Gasteiger partial charge in [0.25, 0.3) is 0 Å². The van der Waals surface area contributed by atoms with Crippen molar-refractivity contribution in [3.63, 3.8) is 0 Å². The second-order valence-electron chi connectivity index (χ2n) is 6.40. The molecule has 0 aromatic rings. The molecule has 1 spiro atoms. The summed E-state index contributed by atoms with van der Waals surface area (Å²) >= 11 is 1.99. The third-order valence-corrected chi connectivity index (χ3v) is 5.16. The Balaban J connectivity index is 2.01.